The average molecular weight is 336 g/mol. The van der Waals surface area contributed by atoms with Crippen molar-refractivity contribution in [1.82, 2.24) is 5.32 Å². The minimum Gasteiger partial charge on any atom is -0.326 e. The zero-order valence-electron chi connectivity index (χ0n) is 14.8. The Balaban J connectivity index is 2.30. The summed E-state index contributed by atoms with van der Waals surface area (Å²) in [6.45, 7) is 7.53. The summed E-state index contributed by atoms with van der Waals surface area (Å²) >= 11 is 0. The third-order valence-corrected chi connectivity index (χ3v) is 3.90. The first kappa shape index (κ1) is 18.5. The molecular formula is C21H24N2O2. The van der Waals surface area contributed by atoms with Crippen molar-refractivity contribution in [3.8, 4) is 0 Å². The summed E-state index contributed by atoms with van der Waals surface area (Å²) in [6, 6.07) is 7.61. The van der Waals surface area contributed by atoms with Gasteiger partial charge in [-0.3, -0.25) is 9.59 Å². The highest BCUT2D eigenvalue weighted by molar-refractivity contribution is 5.99. The van der Waals surface area contributed by atoms with Crippen LogP contribution in [0.25, 0.3) is 5.57 Å². The maximum absolute atomic E-state index is 11.8. The lowest BCUT2D eigenvalue weighted by molar-refractivity contribution is -0.118. The molecule has 130 valence electrons. The van der Waals surface area contributed by atoms with Gasteiger partial charge in [0, 0.05) is 11.4 Å². The first-order valence-corrected chi connectivity index (χ1v) is 8.48. The fourth-order valence-corrected chi connectivity index (χ4v) is 2.63. The third kappa shape index (κ3) is 5.05. The number of nitrogens with one attached hydrogen (secondary N) is 2. The van der Waals surface area contributed by atoms with Gasteiger partial charge in [-0.1, -0.05) is 44.2 Å². The van der Waals surface area contributed by atoms with Gasteiger partial charge in [-0.05, 0) is 54.3 Å². The Bertz CT molecular complexity index is 770. The summed E-state index contributed by atoms with van der Waals surface area (Å²) in [5, 5.41) is 5.69. The zero-order chi connectivity index (χ0) is 18.2. The van der Waals surface area contributed by atoms with Crippen molar-refractivity contribution >= 4 is 23.1 Å². The van der Waals surface area contributed by atoms with Crippen molar-refractivity contribution in [1.29, 1.82) is 0 Å². The van der Waals surface area contributed by atoms with Gasteiger partial charge in [0.15, 0.2) is 0 Å². The van der Waals surface area contributed by atoms with Gasteiger partial charge in [-0.15, -0.1) is 0 Å². The first-order chi connectivity index (χ1) is 12.1. The highest BCUT2D eigenvalue weighted by atomic mass is 16.2. The Morgan fingerprint density at radius 3 is 2.88 bits per heavy atom. The molecular weight excluding hydrogens is 312 g/mol. The molecule has 25 heavy (non-hydrogen) atoms. The maximum Gasteiger partial charge on any atom is 0.247 e. The standard InChI is InChI=1S/C21H24N2O2/c1-4-7-11-19-17(14-21(25)23-19)12-15(5-2)16-9-8-10-18(13-16)22-20(24)6-3/h5-6,8-13H,3-4,7,14H2,1-2H3,(H,22,24)(H,23,25)/b15-5+,17-12-,19-11-. The van der Waals surface area contributed by atoms with Crippen LogP contribution in [0, 0.1) is 0 Å². The van der Waals surface area contributed by atoms with Crippen LogP contribution in [0.2, 0.25) is 0 Å². The molecule has 0 bridgehead atoms. The lowest BCUT2D eigenvalue weighted by Gasteiger charge is -2.08. The van der Waals surface area contributed by atoms with Gasteiger partial charge in [-0.25, -0.2) is 0 Å². The van der Waals surface area contributed by atoms with Crippen LogP contribution in [0.3, 0.4) is 0 Å². The fraction of sp³-hybridized carbons (Fsp3) is 0.238. The topological polar surface area (TPSA) is 58.2 Å². The Labute approximate surface area is 149 Å². The van der Waals surface area contributed by atoms with E-state index in [-0.39, 0.29) is 11.8 Å². The molecule has 1 saturated heterocycles. The predicted octanol–water partition coefficient (Wildman–Crippen LogP) is 4.34. The van der Waals surface area contributed by atoms with Gasteiger partial charge in [0.25, 0.3) is 0 Å². The quantitative estimate of drug-likeness (QED) is 0.759. The van der Waals surface area contributed by atoms with E-state index in [2.05, 4.69) is 30.2 Å². The largest absolute Gasteiger partial charge is 0.326 e. The number of carbonyl (C=O) groups excluding carboxylic acids is 2. The normalized spacial score (nSPS) is 17.7. The van der Waals surface area contributed by atoms with E-state index in [0.717, 1.165) is 35.2 Å². The van der Waals surface area contributed by atoms with Gasteiger partial charge in [0.2, 0.25) is 11.8 Å². The molecule has 2 N–H and O–H groups in total. The molecule has 0 atom stereocenters. The molecule has 0 aromatic heterocycles. The Morgan fingerprint density at radius 2 is 2.20 bits per heavy atom. The van der Waals surface area contributed by atoms with E-state index in [1.54, 1.807) is 0 Å². The zero-order valence-corrected chi connectivity index (χ0v) is 14.8. The van der Waals surface area contributed by atoms with E-state index in [0.29, 0.717) is 12.1 Å². The SMILES string of the molecule is C=CC(=O)Nc1cccc(C(/C=C2/CC(=O)N/C2=C\CCC)=C/C)c1. The molecule has 1 heterocycles. The lowest BCUT2D eigenvalue weighted by atomic mass is 10.00. The number of allylic oxidation sites excluding steroid dienone is 5. The number of anilines is 1. The molecule has 0 aliphatic carbocycles. The van der Waals surface area contributed by atoms with Crippen LogP contribution in [0.1, 0.15) is 38.7 Å². The number of rotatable bonds is 6. The first-order valence-electron chi connectivity index (χ1n) is 8.48. The van der Waals surface area contributed by atoms with Crippen LogP contribution in [-0.2, 0) is 9.59 Å². The predicted molar refractivity (Wildman–Crippen MR) is 103 cm³/mol. The molecule has 4 heteroatoms. The second-order valence-corrected chi connectivity index (χ2v) is 5.82. The van der Waals surface area contributed by atoms with E-state index in [1.165, 1.54) is 6.08 Å². The molecule has 0 unspecified atom stereocenters. The molecule has 0 radical (unpaired) electrons. The van der Waals surface area contributed by atoms with Gasteiger partial charge in [-0.2, -0.15) is 0 Å². The minimum atomic E-state index is -0.243. The summed E-state index contributed by atoms with van der Waals surface area (Å²) < 4.78 is 0. The third-order valence-electron chi connectivity index (χ3n) is 3.90. The van der Waals surface area contributed by atoms with Gasteiger partial charge < -0.3 is 10.6 Å². The van der Waals surface area contributed by atoms with Crippen molar-refractivity contribution < 1.29 is 9.59 Å². The maximum atomic E-state index is 11.8. The Kier molecular flexibility index (Phi) is 6.52. The van der Waals surface area contributed by atoms with E-state index in [4.69, 9.17) is 0 Å². The van der Waals surface area contributed by atoms with Crippen molar-refractivity contribution in [2.45, 2.75) is 33.1 Å². The van der Waals surface area contributed by atoms with Crippen LogP contribution in [0.4, 0.5) is 5.69 Å². The summed E-state index contributed by atoms with van der Waals surface area (Å²) in [7, 11) is 0. The van der Waals surface area contributed by atoms with Crippen LogP contribution in [-0.4, -0.2) is 11.8 Å². The number of carbonyl (C=O) groups is 2. The fourth-order valence-electron chi connectivity index (χ4n) is 2.63. The molecule has 1 aliphatic rings. The van der Waals surface area contributed by atoms with Gasteiger partial charge in [0.05, 0.1) is 6.42 Å². The van der Waals surface area contributed by atoms with Crippen molar-refractivity contribution in [2.24, 2.45) is 0 Å². The second kappa shape index (κ2) is 8.83. The summed E-state index contributed by atoms with van der Waals surface area (Å²) in [4.78, 5) is 23.3. The number of hydrogen-bond donors (Lipinski definition) is 2. The summed E-state index contributed by atoms with van der Waals surface area (Å²) in [5.41, 5.74) is 4.59. The Hall–Kier alpha value is -2.88. The van der Waals surface area contributed by atoms with E-state index >= 15 is 0 Å². The van der Waals surface area contributed by atoms with E-state index in [1.807, 2.05) is 43.3 Å². The molecule has 1 aliphatic heterocycles. The van der Waals surface area contributed by atoms with E-state index < -0.39 is 0 Å². The van der Waals surface area contributed by atoms with Gasteiger partial charge in [0.1, 0.15) is 0 Å². The number of hydrogen-bond acceptors (Lipinski definition) is 2. The molecule has 1 aromatic carbocycles. The number of unbranched alkanes of at least 4 members (excludes halogenated alkanes) is 1. The minimum absolute atomic E-state index is 0.0241. The average Bonchev–Trinajstić information content (AvgIpc) is 2.97. The second-order valence-electron chi connectivity index (χ2n) is 5.82. The van der Waals surface area contributed by atoms with Gasteiger partial charge >= 0.3 is 0 Å². The summed E-state index contributed by atoms with van der Waals surface area (Å²) in [5.74, 6) is -0.219. The van der Waals surface area contributed by atoms with Crippen molar-refractivity contribution in [2.75, 3.05) is 5.32 Å². The molecule has 0 spiro atoms. The highest BCUT2D eigenvalue weighted by Crippen LogP contribution is 2.27. The Morgan fingerprint density at radius 1 is 1.40 bits per heavy atom. The molecule has 1 fully saturated rings. The van der Waals surface area contributed by atoms with Crippen LogP contribution in [0.5, 0.6) is 0 Å². The molecule has 2 rings (SSSR count). The molecule has 0 saturated carbocycles. The highest BCUT2D eigenvalue weighted by Gasteiger charge is 2.20. The molecule has 1 aromatic rings. The van der Waals surface area contributed by atoms with Crippen LogP contribution in [0.15, 0.2) is 66.4 Å². The molecule has 2 amide bonds. The number of amides is 2. The van der Waals surface area contributed by atoms with Crippen LogP contribution >= 0.6 is 0 Å². The smallest absolute Gasteiger partial charge is 0.247 e. The van der Waals surface area contributed by atoms with Crippen LogP contribution < -0.4 is 10.6 Å². The molecule has 4 nitrogen and oxygen atoms in total. The van der Waals surface area contributed by atoms with Crippen molar-refractivity contribution in [3.05, 3.63) is 72.0 Å². The number of benzene rings is 1. The van der Waals surface area contributed by atoms with E-state index in [9.17, 15) is 9.59 Å². The monoisotopic (exact) mass is 336 g/mol. The summed E-state index contributed by atoms with van der Waals surface area (Å²) in [6.07, 6.45) is 9.71. The van der Waals surface area contributed by atoms with Crippen molar-refractivity contribution in [3.63, 3.8) is 0 Å². The lowest BCUT2D eigenvalue weighted by Crippen LogP contribution is -2.11.